The van der Waals surface area contributed by atoms with Crippen LogP contribution in [-0.4, -0.2) is 27.8 Å². The van der Waals surface area contributed by atoms with E-state index in [0.717, 1.165) is 19.3 Å². The van der Waals surface area contributed by atoms with Gasteiger partial charge in [-0.25, -0.2) is 4.79 Å². The molecular formula is C9H12N2O4. The van der Waals surface area contributed by atoms with Crippen LogP contribution in [0, 0.1) is 0 Å². The van der Waals surface area contributed by atoms with Crippen molar-refractivity contribution in [2.75, 3.05) is 6.61 Å². The van der Waals surface area contributed by atoms with E-state index in [-0.39, 0.29) is 11.7 Å². The van der Waals surface area contributed by atoms with Crippen molar-refractivity contribution in [2.45, 2.75) is 31.8 Å². The quantitative estimate of drug-likeness (QED) is 0.792. The van der Waals surface area contributed by atoms with Gasteiger partial charge in [0.25, 0.3) is 11.7 Å². The van der Waals surface area contributed by atoms with Gasteiger partial charge in [-0.05, 0) is 31.3 Å². The summed E-state index contributed by atoms with van der Waals surface area (Å²) in [7, 11) is 0. The molecule has 6 heteroatoms. The minimum Gasteiger partial charge on any atom is -0.475 e. The Labute approximate surface area is 86.2 Å². The second kappa shape index (κ2) is 3.62. The molecule has 0 amide bonds. The molecule has 82 valence electrons. The highest BCUT2D eigenvalue weighted by atomic mass is 16.5. The van der Waals surface area contributed by atoms with Gasteiger partial charge in [-0.1, -0.05) is 0 Å². The summed E-state index contributed by atoms with van der Waals surface area (Å²) in [6.07, 6.45) is 2.80. The maximum atomic E-state index is 10.6. The van der Waals surface area contributed by atoms with Gasteiger partial charge >= 0.3 is 5.97 Å². The molecule has 15 heavy (non-hydrogen) atoms. The maximum absolute atomic E-state index is 10.6. The van der Waals surface area contributed by atoms with Crippen LogP contribution in [0.25, 0.3) is 0 Å². The van der Waals surface area contributed by atoms with Crippen LogP contribution in [0.1, 0.15) is 42.7 Å². The third-order valence-corrected chi connectivity index (χ3v) is 2.54. The first-order valence-corrected chi connectivity index (χ1v) is 4.83. The molecule has 1 N–H and O–H groups in total. The smallest absolute Gasteiger partial charge is 0.377 e. The SMILES string of the molecule is CC1(c2nc(C(=O)O)no2)CCCCO1. The van der Waals surface area contributed by atoms with E-state index in [1.165, 1.54) is 0 Å². The zero-order valence-corrected chi connectivity index (χ0v) is 8.39. The number of hydrogen-bond donors (Lipinski definition) is 1. The second-order valence-corrected chi connectivity index (χ2v) is 3.76. The highest BCUT2D eigenvalue weighted by Crippen LogP contribution is 2.33. The van der Waals surface area contributed by atoms with E-state index in [1.54, 1.807) is 0 Å². The number of aromatic nitrogens is 2. The van der Waals surface area contributed by atoms with E-state index in [4.69, 9.17) is 14.4 Å². The van der Waals surface area contributed by atoms with Crippen molar-refractivity contribution >= 4 is 5.97 Å². The van der Waals surface area contributed by atoms with Gasteiger partial charge in [0, 0.05) is 6.61 Å². The number of nitrogens with zero attached hydrogens (tertiary/aromatic N) is 2. The van der Waals surface area contributed by atoms with Crippen LogP contribution in [0.2, 0.25) is 0 Å². The molecule has 0 aliphatic carbocycles. The number of rotatable bonds is 2. The normalized spacial score (nSPS) is 26.5. The number of carboxylic acid groups (broad SMARTS) is 1. The van der Waals surface area contributed by atoms with Gasteiger partial charge in [-0.15, -0.1) is 0 Å². The maximum Gasteiger partial charge on any atom is 0.377 e. The first kappa shape index (κ1) is 10.1. The Bertz CT molecular complexity index is 368. The number of hydrogen-bond acceptors (Lipinski definition) is 5. The van der Waals surface area contributed by atoms with Crippen LogP contribution < -0.4 is 0 Å². The summed E-state index contributed by atoms with van der Waals surface area (Å²) >= 11 is 0. The molecule has 1 unspecified atom stereocenters. The molecule has 1 aliphatic rings. The molecule has 1 atom stereocenters. The Morgan fingerprint density at radius 3 is 2.87 bits per heavy atom. The van der Waals surface area contributed by atoms with Gasteiger partial charge in [0.15, 0.2) is 0 Å². The molecule has 1 aromatic rings. The predicted octanol–water partition coefficient (Wildman–Crippen LogP) is 1.18. The molecule has 0 saturated carbocycles. The van der Waals surface area contributed by atoms with E-state index in [1.807, 2.05) is 6.92 Å². The second-order valence-electron chi connectivity index (χ2n) is 3.76. The molecule has 0 spiro atoms. The summed E-state index contributed by atoms with van der Waals surface area (Å²) < 4.78 is 10.5. The fourth-order valence-electron chi connectivity index (χ4n) is 1.63. The minimum absolute atomic E-state index is 0.250. The molecule has 1 saturated heterocycles. The van der Waals surface area contributed by atoms with E-state index in [9.17, 15) is 4.79 Å². The van der Waals surface area contributed by atoms with Crippen LogP contribution in [0.15, 0.2) is 4.52 Å². The molecule has 1 fully saturated rings. The summed E-state index contributed by atoms with van der Waals surface area (Å²) in [5.74, 6) is -1.26. The van der Waals surface area contributed by atoms with Gasteiger partial charge in [-0.2, -0.15) is 4.98 Å². The Kier molecular flexibility index (Phi) is 2.44. The summed E-state index contributed by atoms with van der Waals surface area (Å²) in [6, 6.07) is 0. The monoisotopic (exact) mass is 212 g/mol. The largest absolute Gasteiger partial charge is 0.475 e. The lowest BCUT2D eigenvalue weighted by Crippen LogP contribution is -2.30. The summed E-state index contributed by atoms with van der Waals surface area (Å²) in [6.45, 7) is 2.48. The van der Waals surface area contributed by atoms with Crippen LogP contribution in [0.4, 0.5) is 0 Å². The van der Waals surface area contributed by atoms with E-state index < -0.39 is 11.6 Å². The lowest BCUT2D eigenvalue weighted by molar-refractivity contribution is -0.0891. The van der Waals surface area contributed by atoms with Crippen LogP contribution in [0.5, 0.6) is 0 Å². The van der Waals surface area contributed by atoms with Gasteiger partial charge in [-0.3, -0.25) is 0 Å². The number of ether oxygens (including phenoxy) is 1. The Morgan fingerprint density at radius 2 is 2.33 bits per heavy atom. The number of carbonyl (C=O) groups is 1. The topological polar surface area (TPSA) is 85.5 Å². The molecule has 1 aliphatic heterocycles. The summed E-state index contributed by atoms with van der Waals surface area (Å²) in [5.41, 5.74) is -0.626. The summed E-state index contributed by atoms with van der Waals surface area (Å²) in [5, 5.41) is 12.0. The Hall–Kier alpha value is -1.43. The molecule has 0 aromatic carbocycles. The zero-order valence-electron chi connectivity index (χ0n) is 8.39. The first-order chi connectivity index (χ1) is 7.12. The third-order valence-electron chi connectivity index (χ3n) is 2.54. The standard InChI is InChI=1S/C9H12N2O4/c1-9(4-2-3-5-14-9)8-10-6(7(12)13)11-15-8/h2-5H2,1H3,(H,12,13). The average molecular weight is 212 g/mol. The first-order valence-electron chi connectivity index (χ1n) is 4.83. The van der Waals surface area contributed by atoms with Gasteiger partial charge in [0.2, 0.25) is 0 Å². The van der Waals surface area contributed by atoms with Crippen LogP contribution in [-0.2, 0) is 10.3 Å². The van der Waals surface area contributed by atoms with E-state index >= 15 is 0 Å². The zero-order chi connectivity index (χ0) is 10.9. The van der Waals surface area contributed by atoms with Crippen molar-refractivity contribution < 1.29 is 19.2 Å². The van der Waals surface area contributed by atoms with Crippen molar-refractivity contribution in [3.63, 3.8) is 0 Å². The number of carboxylic acids is 1. The predicted molar refractivity (Wildman–Crippen MR) is 48.4 cm³/mol. The lowest BCUT2D eigenvalue weighted by atomic mass is 9.96. The van der Waals surface area contributed by atoms with Crippen LogP contribution in [0.3, 0.4) is 0 Å². The van der Waals surface area contributed by atoms with Crippen molar-refractivity contribution in [1.29, 1.82) is 0 Å². The average Bonchev–Trinajstić information content (AvgIpc) is 2.68. The van der Waals surface area contributed by atoms with E-state index in [2.05, 4.69) is 10.1 Å². The summed E-state index contributed by atoms with van der Waals surface area (Å²) in [4.78, 5) is 14.4. The highest BCUT2D eigenvalue weighted by molar-refractivity contribution is 5.82. The Morgan fingerprint density at radius 1 is 1.53 bits per heavy atom. The Balaban J connectivity index is 2.23. The van der Waals surface area contributed by atoms with E-state index in [0.29, 0.717) is 6.61 Å². The molecule has 2 rings (SSSR count). The molecule has 2 heterocycles. The third kappa shape index (κ3) is 1.85. The molecular weight excluding hydrogens is 200 g/mol. The molecule has 0 radical (unpaired) electrons. The molecule has 6 nitrogen and oxygen atoms in total. The van der Waals surface area contributed by atoms with Crippen LogP contribution >= 0.6 is 0 Å². The molecule has 1 aromatic heterocycles. The van der Waals surface area contributed by atoms with Crippen molar-refractivity contribution in [3.8, 4) is 0 Å². The van der Waals surface area contributed by atoms with Gasteiger partial charge in [0.05, 0.1) is 0 Å². The van der Waals surface area contributed by atoms with Crippen molar-refractivity contribution in [2.24, 2.45) is 0 Å². The lowest BCUT2D eigenvalue weighted by Gasteiger charge is -2.29. The highest BCUT2D eigenvalue weighted by Gasteiger charge is 2.36. The minimum atomic E-state index is -1.19. The van der Waals surface area contributed by atoms with Crippen molar-refractivity contribution in [1.82, 2.24) is 10.1 Å². The fourth-order valence-corrected chi connectivity index (χ4v) is 1.63. The fraction of sp³-hybridized carbons (Fsp3) is 0.667. The number of aromatic carboxylic acids is 1. The molecule has 0 bridgehead atoms. The van der Waals surface area contributed by atoms with Gasteiger partial charge < -0.3 is 14.4 Å². The van der Waals surface area contributed by atoms with Gasteiger partial charge in [0.1, 0.15) is 5.60 Å². The van der Waals surface area contributed by atoms with Crippen molar-refractivity contribution in [3.05, 3.63) is 11.7 Å².